The van der Waals surface area contributed by atoms with Gasteiger partial charge in [0.1, 0.15) is 4.90 Å². The largest absolute Gasteiger partial charge is 0.372 e. The Balaban J connectivity index is 1.43. The van der Waals surface area contributed by atoms with Crippen LogP contribution in [0.1, 0.15) is 16.7 Å². The Kier molecular flexibility index (Phi) is 8.78. The molecule has 0 saturated heterocycles. The molecule has 4 aromatic carbocycles. The van der Waals surface area contributed by atoms with Gasteiger partial charge >= 0.3 is 15.8 Å². The van der Waals surface area contributed by atoms with Crippen molar-refractivity contribution < 1.29 is 30.7 Å². The first-order valence-electron chi connectivity index (χ1n) is 12.5. The fourth-order valence-electron chi connectivity index (χ4n) is 4.13. The number of sulfone groups is 1. The Morgan fingerprint density at radius 3 is 2.25 bits per heavy atom. The van der Waals surface area contributed by atoms with E-state index in [1.807, 2.05) is 0 Å². The summed E-state index contributed by atoms with van der Waals surface area (Å²) in [6.45, 7) is 1.78. The highest BCUT2D eigenvalue weighted by atomic mass is 35.5. The zero-order valence-electron chi connectivity index (χ0n) is 22.5. The molecular formula is C29H20Cl2N2O8S3. The lowest BCUT2D eigenvalue weighted by Gasteiger charge is -2.19. The molecular weight excluding hydrogens is 671 g/mol. The van der Waals surface area contributed by atoms with Gasteiger partial charge in [-0.05, 0) is 67.1 Å². The molecule has 0 radical (unpaired) electrons. The van der Waals surface area contributed by atoms with E-state index in [0.29, 0.717) is 10.6 Å². The summed E-state index contributed by atoms with van der Waals surface area (Å²) in [7, 11) is -8.25. The van der Waals surface area contributed by atoms with Gasteiger partial charge in [0.2, 0.25) is 5.75 Å². The number of nitrogens with zero attached hydrogens (tertiary/aromatic N) is 1. The van der Waals surface area contributed by atoms with Crippen LogP contribution in [0, 0.1) is 17.0 Å². The first-order chi connectivity index (χ1) is 20.7. The number of thioether (sulfide) groups is 1. The molecule has 0 aliphatic carbocycles. The normalized spacial score (nSPS) is 14.2. The Morgan fingerprint density at radius 1 is 0.932 bits per heavy atom. The number of nitro groups is 1. The Morgan fingerprint density at radius 2 is 1.59 bits per heavy atom. The van der Waals surface area contributed by atoms with Crippen LogP contribution in [-0.2, 0) is 30.5 Å². The predicted molar refractivity (Wildman–Crippen MR) is 168 cm³/mol. The SMILES string of the molecule is Cc1ccc(S(=O)(=O)Oc2ccc(/C=C3\Sc4cc(S(=O)(=O)Cc5c(Cl)cccc5Cl)ccc4NC3=O)cc2[N+](=O)[O-])cc1. The van der Waals surface area contributed by atoms with E-state index in [0.717, 1.165) is 29.5 Å². The molecule has 5 rings (SSSR count). The number of hydrogen-bond donors (Lipinski definition) is 1. The summed E-state index contributed by atoms with van der Waals surface area (Å²) >= 11 is 13.3. The summed E-state index contributed by atoms with van der Waals surface area (Å²) in [6.07, 6.45) is 1.36. The number of rotatable bonds is 8. The van der Waals surface area contributed by atoms with Crippen LogP contribution >= 0.6 is 35.0 Å². The van der Waals surface area contributed by atoms with Crippen LogP contribution in [0.5, 0.6) is 5.75 Å². The minimum Gasteiger partial charge on any atom is -0.372 e. The smallest absolute Gasteiger partial charge is 0.339 e. The van der Waals surface area contributed by atoms with Crippen molar-refractivity contribution in [2.24, 2.45) is 0 Å². The number of nitro benzene ring substituents is 1. The maximum absolute atomic E-state index is 13.2. The van der Waals surface area contributed by atoms with Gasteiger partial charge in [-0.3, -0.25) is 14.9 Å². The summed E-state index contributed by atoms with van der Waals surface area (Å²) in [5.74, 6) is -1.47. The number of carbonyl (C=O) groups is 1. The number of halogens is 2. The standard InChI is InChI=1S/C29H20Cl2N2O8S3/c1-17-5-8-19(9-6-17)44(39,40)41-26-12-7-18(13-25(26)33(35)36)14-28-29(34)32-24-11-10-20(15-27(24)42-28)43(37,38)16-21-22(30)3-2-4-23(21)31/h2-15H,16H2,1H3,(H,32,34)/b28-14-. The first kappa shape index (κ1) is 31.5. The molecule has 0 atom stereocenters. The van der Waals surface area contributed by atoms with Crippen molar-refractivity contribution in [3.63, 3.8) is 0 Å². The van der Waals surface area contributed by atoms with Crippen molar-refractivity contribution in [2.45, 2.75) is 27.4 Å². The average molecular weight is 692 g/mol. The van der Waals surface area contributed by atoms with Crippen molar-refractivity contribution in [3.8, 4) is 5.75 Å². The van der Waals surface area contributed by atoms with Gasteiger partial charge in [-0.25, -0.2) is 8.42 Å². The van der Waals surface area contributed by atoms with Crippen molar-refractivity contribution in [2.75, 3.05) is 5.32 Å². The van der Waals surface area contributed by atoms with E-state index in [-0.39, 0.29) is 35.9 Å². The minimum atomic E-state index is -4.36. The average Bonchev–Trinajstić information content (AvgIpc) is 2.96. The van der Waals surface area contributed by atoms with Gasteiger partial charge in [0.05, 0.1) is 26.2 Å². The van der Waals surface area contributed by atoms with Gasteiger partial charge in [0.15, 0.2) is 9.84 Å². The Labute approximate surface area is 266 Å². The number of aryl methyl sites for hydroxylation is 1. The van der Waals surface area contributed by atoms with Gasteiger partial charge in [0, 0.05) is 26.6 Å². The van der Waals surface area contributed by atoms with Crippen LogP contribution in [-0.4, -0.2) is 27.7 Å². The third-order valence-corrected chi connectivity index (χ3v) is 11.1. The van der Waals surface area contributed by atoms with Crippen LogP contribution in [0.15, 0.2) is 98.5 Å². The van der Waals surface area contributed by atoms with Crippen molar-refractivity contribution in [1.29, 1.82) is 0 Å². The number of benzene rings is 4. The molecule has 4 aromatic rings. The van der Waals surface area contributed by atoms with E-state index in [4.69, 9.17) is 27.4 Å². The maximum Gasteiger partial charge on any atom is 0.339 e. The lowest BCUT2D eigenvalue weighted by Crippen LogP contribution is -2.17. The number of carbonyl (C=O) groups excluding carboxylic acids is 1. The zero-order valence-corrected chi connectivity index (χ0v) is 26.4. The molecule has 0 spiro atoms. The Hall–Kier alpha value is -3.88. The molecule has 0 saturated carbocycles. The van der Waals surface area contributed by atoms with E-state index >= 15 is 0 Å². The molecule has 0 fully saturated rings. The van der Waals surface area contributed by atoms with Gasteiger partial charge in [-0.1, -0.05) is 64.8 Å². The lowest BCUT2D eigenvalue weighted by molar-refractivity contribution is -0.385. The third-order valence-electron chi connectivity index (χ3n) is 6.39. The lowest BCUT2D eigenvalue weighted by atomic mass is 10.1. The van der Waals surface area contributed by atoms with Crippen LogP contribution in [0.25, 0.3) is 6.08 Å². The highest BCUT2D eigenvalue weighted by molar-refractivity contribution is 8.04. The van der Waals surface area contributed by atoms with E-state index < -0.39 is 48.0 Å². The second kappa shape index (κ2) is 12.3. The van der Waals surface area contributed by atoms with E-state index in [9.17, 15) is 31.7 Å². The van der Waals surface area contributed by atoms with Crippen molar-refractivity contribution >= 4 is 78.3 Å². The summed E-state index contributed by atoms with van der Waals surface area (Å²) < 4.78 is 57.0. The number of hydrogen-bond acceptors (Lipinski definition) is 9. The third kappa shape index (κ3) is 6.76. The molecule has 1 N–H and O–H groups in total. The topological polar surface area (TPSA) is 150 Å². The summed E-state index contributed by atoms with van der Waals surface area (Å²) in [4.78, 5) is 24.2. The van der Waals surface area contributed by atoms with E-state index in [1.165, 1.54) is 42.5 Å². The van der Waals surface area contributed by atoms with Gasteiger partial charge in [-0.2, -0.15) is 8.42 Å². The monoisotopic (exact) mass is 690 g/mol. The molecule has 0 aromatic heterocycles. The molecule has 15 heteroatoms. The quantitative estimate of drug-likeness (QED) is 0.0889. The fourth-order valence-corrected chi connectivity index (χ4v) is 8.26. The summed E-state index contributed by atoms with van der Waals surface area (Å²) in [6, 6.07) is 18.3. The minimum absolute atomic E-state index is 0.0258. The molecule has 1 amide bonds. The maximum atomic E-state index is 13.2. The van der Waals surface area contributed by atoms with E-state index in [1.54, 1.807) is 37.3 Å². The van der Waals surface area contributed by atoms with Gasteiger partial charge in [-0.15, -0.1) is 0 Å². The fraction of sp³-hybridized carbons (Fsp3) is 0.0690. The molecule has 10 nitrogen and oxygen atoms in total. The van der Waals surface area contributed by atoms with Crippen LogP contribution in [0.4, 0.5) is 11.4 Å². The van der Waals surface area contributed by atoms with Crippen LogP contribution < -0.4 is 9.50 Å². The van der Waals surface area contributed by atoms with Crippen LogP contribution in [0.3, 0.4) is 0 Å². The molecule has 44 heavy (non-hydrogen) atoms. The predicted octanol–water partition coefficient (Wildman–Crippen LogP) is 7.04. The molecule has 1 aliphatic heterocycles. The second-order valence-electron chi connectivity index (χ2n) is 9.52. The number of nitrogens with one attached hydrogen (secondary N) is 1. The highest BCUT2D eigenvalue weighted by Crippen LogP contribution is 2.41. The molecule has 226 valence electrons. The molecule has 1 aliphatic rings. The molecule has 1 heterocycles. The summed E-state index contributed by atoms with van der Waals surface area (Å²) in [5.41, 5.74) is 1.02. The number of fused-ring (bicyclic) bond motifs is 1. The second-order valence-corrected chi connectivity index (χ2v) is 15.0. The first-order valence-corrected chi connectivity index (χ1v) is 17.2. The summed E-state index contributed by atoms with van der Waals surface area (Å²) in [5, 5.41) is 14.9. The number of anilines is 1. The van der Waals surface area contributed by atoms with Crippen molar-refractivity contribution in [1.82, 2.24) is 0 Å². The highest BCUT2D eigenvalue weighted by Gasteiger charge is 2.27. The van der Waals surface area contributed by atoms with Crippen molar-refractivity contribution in [3.05, 3.63) is 121 Å². The van der Waals surface area contributed by atoms with Gasteiger partial charge in [0.25, 0.3) is 5.91 Å². The molecule has 0 unspecified atom stereocenters. The van der Waals surface area contributed by atoms with Gasteiger partial charge < -0.3 is 9.50 Å². The number of amides is 1. The van der Waals surface area contributed by atoms with E-state index in [2.05, 4.69) is 5.32 Å². The molecule has 0 bridgehead atoms. The van der Waals surface area contributed by atoms with Crippen LogP contribution in [0.2, 0.25) is 10.0 Å². The zero-order chi connectivity index (χ0) is 31.8. The Bertz CT molecular complexity index is 2060.